The van der Waals surface area contributed by atoms with Crippen LogP contribution >= 0.6 is 11.8 Å². The highest BCUT2D eigenvalue weighted by molar-refractivity contribution is 7.99. The fraction of sp³-hybridized carbons (Fsp3) is 0.243. The third-order valence-corrected chi connectivity index (χ3v) is 8.99. The van der Waals surface area contributed by atoms with Gasteiger partial charge in [0, 0.05) is 28.7 Å². The van der Waals surface area contributed by atoms with Gasteiger partial charge >= 0.3 is 12.1 Å². The van der Waals surface area contributed by atoms with Gasteiger partial charge in [-0.05, 0) is 52.1 Å². The van der Waals surface area contributed by atoms with E-state index < -0.39 is 18.4 Å². The van der Waals surface area contributed by atoms with Crippen molar-refractivity contribution in [1.29, 1.82) is 0 Å². The van der Waals surface area contributed by atoms with Crippen LogP contribution in [0.25, 0.3) is 11.1 Å². The van der Waals surface area contributed by atoms with E-state index in [2.05, 4.69) is 18.8 Å². The maximum absolute atomic E-state index is 11.9. The van der Waals surface area contributed by atoms with E-state index in [0.29, 0.717) is 17.2 Å². The molecule has 0 spiro atoms. The van der Waals surface area contributed by atoms with Gasteiger partial charge in [-0.2, -0.15) is 0 Å². The molecule has 1 aliphatic rings. The molecule has 0 saturated carbocycles. The molecule has 4 atom stereocenters. The zero-order valence-electron chi connectivity index (χ0n) is 25.5. The van der Waals surface area contributed by atoms with Gasteiger partial charge in [0.15, 0.2) is 6.29 Å². The summed E-state index contributed by atoms with van der Waals surface area (Å²) < 4.78 is 18.3. The number of aliphatic hydroxyl groups is 1. The molecule has 46 heavy (non-hydrogen) atoms. The van der Waals surface area contributed by atoms with Crippen LogP contribution in [0.1, 0.15) is 51.9 Å². The monoisotopic (exact) mass is 639 g/mol. The Morgan fingerprint density at radius 3 is 2.39 bits per heavy atom. The lowest BCUT2D eigenvalue weighted by Crippen LogP contribution is -2.38. The Hall–Kier alpha value is -4.41. The van der Waals surface area contributed by atoms with Crippen LogP contribution < -0.4 is 5.32 Å². The van der Waals surface area contributed by atoms with E-state index >= 15 is 0 Å². The van der Waals surface area contributed by atoms with Crippen LogP contribution in [0.4, 0.5) is 4.79 Å². The van der Waals surface area contributed by atoms with Gasteiger partial charge in [0.05, 0.1) is 24.4 Å². The Bertz CT molecular complexity index is 1660. The van der Waals surface area contributed by atoms with Crippen molar-refractivity contribution < 1.29 is 34.0 Å². The Morgan fingerprint density at radius 1 is 0.913 bits per heavy atom. The minimum absolute atomic E-state index is 0.0429. The molecular weight excluding hydrogens is 602 g/mol. The molecule has 1 saturated heterocycles. The van der Waals surface area contributed by atoms with Crippen LogP contribution in [-0.2, 0) is 27.4 Å². The number of ether oxygens (including phenoxy) is 3. The molecular formula is C37H37NO7S. The summed E-state index contributed by atoms with van der Waals surface area (Å²) >= 11 is 1.46. The first-order valence-electron chi connectivity index (χ1n) is 15.0. The van der Waals surface area contributed by atoms with E-state index in [1.165, 1.54) is 17.8 Å². The van der Waals surface area contributed by atoms with Crippen molar-refractivity contribution in [2.75, 3.05) is 12.4 Å². The highest BCUT2D eigenvalue weighted by Gasteiger charge is 2.38. The number of aliphatic hydroxyl groups excluding tert-OH is 1. The Balaban J connectivity index is 1.39. The standard InChI is InChI=1S/C37H37NO7S/c1-3-18-43-37(42)38-21-26-8-6-9-28(19-26)29-10-7-11-30(20-29)36-44-32(23-46-33-13-5-4-12-31(33)35(40)41)24(2)34(45-36)27-16-14-25(22-39)15-17-27/h3-17,19-20,24,32,34,36,39H,1,18,21-23H2,2H3,(H,38,42)(H,40,41). The fourth-order valence-electron chi connectivity index (χ4n) is 5.34. The second-order valence-corrected chi connectivity index (χ2v) is 12.1. The van der Waals surface area contributed by atoms with Crippen molar-refractivity contribution in [2.45, 2.75) is 43.5 Å². The van der Waals surface area contributed by atoms with Gasteiger partial charge in [-0.25, -0.2) is 9.59 Å². The van der Waals surface area contributed by atoms with Crippen LogP contribution in [0.15, 0.2) is 115 Å². The summed E-state index contributed by atoms with van der Waals surface area (Å²) in [7, 11) is 0. The molecule has 0 aliphatic carbocycles. The van der Waals surface area contributed by atoms with Crippen LogP contribution in [0, 0.1) is 5.92 Å². The minimum Gasteiger partial charge on any atom is -0.478 e. The average molecular weight is 640 g/mol. The summed E-state index contributed by atoms with van der Waals surface area (Å²) in [4.78, 5) is 24.4. The SMILES string of the molecule is C=CCOC(=O)NCc1cccc(-c2cccc(C3OC(CSc4ccccc4C(=O)O)C(C)C(c4ccc(CO)cc4)O3)c2)c1. The maximum atomic E-state index is 11.9. The molecule has 1 fully saturated rings. The molecule has 238 valence electrons. The van der Waals surface area contributed by atoms with Gasteiger partial charge in [0.1, 0.15) is 6.61 Å². The number of alkyl carbamates (subject to hydrolysis) is 1. The molecule has 4 aromatic carbocycles. The van der Waals surface area contributed by atoms with Gasteiger partial charge in [-0.15, -0.1) is 11.8 Å². The number of hydrogen-bond acceptors (Lipinski definition) is 7. The van der Waals surface area contributed by atoms with E-state index in [1.807, 2.05) is 84.9 Å². The summed E-state index contributed by atoms with van der Waals surface area (Å²) in [5.74, 6) is -0.486. The number of carboxylic acids is 1. The second kappa shape index (κ2) is 15.7. The third kappa shape index (κ3) is 8.24. The number of rotatable bonds is 12. The third-order valence-electron chi connectivity index (χ3n) is 7.83. The first-order chi connectivity index (χ1) is 22.4. The molecule has 8 nitrogen and oxygen atoms in total. The molecule has 5 rings (SSSR count). The number of aromatic carboxylic acids is 1. The van der Waals surface area contributed by atoms with E-state index in [1.54, 1.807) is 12.1 Å². The molecule has 1 heterocycles. The smallest absolute Gasteiger partial charge is 0.407 e. The largest absolute Gasteiger partial charge is 0.478 e. The van der Waals surface area contributed by atoms with Crippen molar-refractivity contribution in [2.24, 2.45) is 5.92 Å². The number of amides is 1. The normalized spacial score (nSPS) is 19.3. The lowest BCUT2D eigenvalue weighted by Gasteiger charge is -2.41. The maximum Gasteiger partial charge on any atom is 0.407 e. The summed E-state index contributed by atoms with van der Waals surface area (Å²) in [6.45, 7) is 6.05. The zero-order chi connectivity index (χ0) is 32.5. The van der Waals surface area contributed by atoms with Gasteiger partial charge in [0.2, 0.25) is 0 Å². The predicted molar refractivity (Wildman–Crippen MR) is 177 cm³/mol. The number of thioether (sulfide) groups is 1. The quantitative estimate of drug-likeness (QED) is 0.108. The van der Waals surface area contributed by atoms with Crippen LogP contribution in [0.2, 0.25) is 0 Å². The highest BCUT2D eigenvalue weighted by atomic mass is 32.2. The molecule has 3 N–H and O–H groups in total. The highest BCUT2D eigenvalue weighted by Crippen LogP contribution is 2.43. The number of carbonyl (C=O) groups excluding carboxylic acids is 1. The summed E-state index contributed by atoms with van der Waals surface area (Å²) in [6.07, 6.45) is -0.226. The average Bonchev–Trinajstić information content (AvgIpc) is 3.09. The van der Waals surface area contributed by atoms with E-state index in [4.69, 9.17) is 14.2 Å². The van der Waals surface area contributed by atoms with Gasteiger partial charge < -0.3 is 29.7 Å². The van der Waals surface area contributed by atoms with E-state index in [9.17, 15) is 19.8 Å². The van der Waals surface area contributed by atoms with Crippen LogP contribution in [-0.4, -0.2) is 40.7 Å². The molecule has 9 heteroatoms. The number of carbonyl (C=O) groups is 2. The van der Waals surface area contributed by atoms with Gasteiger partial charge in [0.25, 0.3) is 0 Å². The number of carboxylic acid groups (broad SMARTS) is 1. The fourth-order valence-corrected chi connectivity index (χ4v) is 6.55. The lowest BCUT2D eigenvalue weighted by atomic mass is 9.91. The number of nitrogens with one attached hydrogen (secondary N) is 1. The molecule has 4 unspecified atom stereocenters. The molecule has 0 radical (unpaired) electrons. The lowest BCUT2D eigenvalue weighted by molar-refractivity contribution is -0.268. The number of benzene rings is 4. The summed E-state index contributed by atoms with van der Waals surface area (Å²) in [6, 6.07) is 30.6. The minimum atomic E-state index is -0.965. The van der Waals surface area contributed by atoms with Crippen molar-refractivity contribution in [3.63, 3.8) is 0 Å². The van der Waals surface area contributed by atoms with E-state index in [0.717, 1.165) is 33.4 Å². The summed E-state index contributed by atoms with van der Waals surface area (Å²) in [5, 5.41) is 22.0. The molecule has 1 amide bonds. The van der Waals surface area contributed by atoms with Crippen molar-refractivity contribution in [3.8, 4) is 11.1 Å². The first-order valence-corrected chi connectivity index (χ1v) is 16.0. The first kappa shape index (κ1) is 33.0. The zero-order valence-corrected chi connectivity index (χ0v) is 26.3. The Morgan fingerprint density at radius 2 is 1.65 bits per heavy atom. The van der Waals surface area contributed by atoms with Crippen molar-refractivity contribution in [3.05, 3.63) is 138 Å². The van der Waals surface area contributed by atoms with Crippen LogP contribution in [0.3, 0.4) is 0 Å². The van der Waals surface area contributed by atoms with Crippen molar-refractivity contribution in [1.82, 2.24) is 5.32 Å². The van der Waals surface area contributed by atoms with Gasteiger partial charge in [-0.3, -0.25) is 0 Å². The van der Waals surface area contributed by atoms with Gasteiger partial charge in [-0.1, -0.05) is 92.4 Å². The predicted octanol–water partition coefficient (Wildman–Crippen LogP) is 7.54. The van der Waals surface area contributed by atoms with Crippen molar-refractivity contribution >= 4 is 23.8 Å². The summed E-state index contributed by atoms with van der Waals surface area (Å²) in [5.41, 5.74) is 5.75. The molecule has 0 aromatic heterocycles. The number of hydrogen-bond donors (Lipinski definition) is 3. The molecule has 4 aromatic rings. The Labute approximate surface area is 273 Å². The Kier molecular flexibility index (Phi) is 11.3. The second-order valence-electron chi connectivity index (χ2n) is 11.0. The molecule has 0 bridgehead atoms. The topological polar surface area (TPSA) is 114 Å². The molecule has 1 aliphatic heterocycles. The van der Waals surface area contributed by atoms with Crippen LogP contribution in [0.5, 0.6) is 0 Å². The van der Waals surface area contributed by atoms with E-state index in [-0.39, 0.29) is 36.9 Å².